The second kappa shape index (κ2) is 5.59. The van der Waals surface area contributed by atoms with E-state index in [9.17, 15) is 8.42 Å². The van der Waals surface area contributed by atoms with Gasteiger partial charge in [-0.1, -0.05) is 0 Å². The van der Waals surface area contributed by atoms with Crippen molar-refractivity contribution in [1.82, 2.24) is 4.31 Å². The van der Waals surface area contributed by atoms with Crippen LogP contribution in [0.25, 0.3) is 0 Å². The Bertz CT molecular complexity index is 630. The molecule has 2 N–H and O–H groups in total. The Balaban J connectivity index is 1.92. The number of rotatable bonds is 3. The summed E-state index contributed by atoms with van der Waals surface area (Å²) in [5, 5.41) is 0. The van der Waals surface area contributed by atoms with Gasteiger partial charge in [0.15, 0.2) is 0 Å². The first-order chi connectivity index (χ1) is 10.0. The van der Waals surface area contributed by atoms with Crippen molar-refractivity contribution in [3.8, 4) is 5.75 Å². The summed E-state index contributed by atoms with van der Waals surface area (Å²) in [5.41, 5.74) is 6.71. The van der Waals surface area contributed by atoms with Crippen molar-refractivity contribution in [3.63, 3.8) is 0 Å². The predicted octanol–water partition coefficient (Wildman–Crippen LogP) is 1.37. The number of hydrogen-bond acceptors (Lipinski definition) is 4. The van der Waals surface area contributed by atoms with Crippen molar-refractivity contribution >= 4 is 10.0 Å². The molecular formula is C15H22N2O3S. The van der Waals surface area contributed by atoms with Gasteiger partial charge in [0.2, 0.25) is 10.0 Å². The van der Waals surface area contributed by atoms with Gasteiger partial charge in [0.1, 0.15) is 5.75 Å². The Labute approximate surface area is 126 Å². The maximum Gasteiger partial charge on any atom is 0.243 e. The van der Waals surface area contributed by atoms with Gasteiger partial charge in [0, 0.05) is 19.0 Å². The molecule has 0 amide bonds. The molecule has 1 fully saturated rings. The van der Waals surface area contributed by atoms with Crippen molar-refractivity contribution in [2.24, 2.45) is 11.7 Å². The van der Waals surface area contributed by atoms with E-state index in [4.69, 9.17) is 10.5 Å². The molecule has 2 aliphatic heterocycles. The largest absolute Gasteiger partial charge is 0.493 e. The van der Waals surface area contributed by atoms with Crippen LogP contribution in [-0.4, -0.2) is 38.5 Å². The van der Waals surface area contributed by atoms with Crippen molar-refractivity contribution in [2.75, 3.05) is 19.7 Å². The second-order valence-electron chi connectivity index (χ2n) is 5.97. The highest BCUT2D eigenvalue weighted by atomic mass is 32.2. The van der Waals surface area contributed by atoms with Gasteiger partial charge in [0.25, 0.3) is 0 Å². The number of nitrogens with zero attached hydrogens (tertiary/aromatic N) is 1. The molecule has 0 radical (unpaired) electrons. The average molecular weight is 310 g/mol. The van der Waals surface area contributed by atoms with Crippen LogP contribution >= 0.6 is 0 Å². The molecule has 1 aromatic carbocycles. The Morgan fingerprint density at radius 1 is 1.38 bits per heavy atom. The number of benzene rings is 1. The first-order valence-corrected chi connectivity index (χ1v) is 8.94. The van der Waals surface area contributed by atoms with Gasteiger partial charge in [-0.2, -0.15) is 4.31 Å². The van der Waals surface area contributed by atoms with Gasteiger partial charge in [-0.3, -0.25) is 0 Å². The molecule has 2 atom stereocenters. The normalized spacial score (nSPS) is 26.4. The van der Waals surface area contributed by atoms with E-state index in [-0.39, 0.29) is 12.0 Å². The summed E-state index contributed by atoms with van der Waals surface area (Å²) in [6, 6.07) is 5.21. The van der Waals surface area contributed by atoms with Crippen LogP contribution in [0, 0.1) is 5.92 Å². The van der Waals surface area contributed by atoms with E-state index in [1.807, 2.05) is 6.92 Å². The number of hydrogen-bond donors (Lipinski definition) is 1. The van der Waals surface area contributed by atoms with E-state index in [0.717, 1.165) is 30.6 Å². The zero-order valence-corrected chi connectivity index (χ0v) is 13.1. The molecule has 1 saturated heterocycles. The third kappa shape index (κ3) is 2.67. The number of fused-ring (bicyclic) bond motifs is 1. The lowest BCUT2D eigenvalue weighted by Crippen LogP contribution is -2.46. The molecule has 6 heteroatoms. The molecule has 2 heterocycles. The number of ether oxygens (including phenoxy) is 1. The monoisotopic (exact) mass is 310 g/mol. The molecular weight excluding hydrogens is 288 g/mol. The fraction of sp³-hybridized carbons (Fsp3) is 0.600. The van der Waals surface area contributed by atoms with Crippen molar-refractivity contribution < 1.29 is 13.2 Å². The quantitative estimate of drug-likeness (QED) is 0.915. The highest BCUT2D eigenvalue weighted by molar-refractivity contribution is 7.89. The summed E-state index contributed by atoms with van der Waals surface area (Å²) in [5.74, 6) is 1.06. The minimum absolute atomic E-state index is 0.0299. The van der Waals surface area contributed by atoms with Crippen LogP contribution in [0.4, 0.5) is 0 Å². The van der Waals surface area contributed by atoms with Crippen LogP contribution in [0.5, 0.6) is 5.75 Å². The first kappa shape index (κ1) is 14.8. The third-order valence-corrected chi connectivity index (χ3v) is 6.50. The fourth-order valence-electron chi connectivity index (χ4n) is 3.13. The second-order valence-corrected chi connectivity index (χ2v) is 7.86. The lowest BCUT2D eigenvalue weighted by atomic mass is 9.96. The van der Waals surface area contributed by atoms with Gasteiger partial charge in [-0.05, 0) is 56.0 Å². The van der Waals surface area contributed by atoms with Crippen LogP contribution in [0.1, 0.15) is 25.3 Å². The molecule has 1 aromatic rings. The van der Waals surface area contributed by atoms with E-state index in [1.165, 1.54) is 0 Å². The van der Waals surface area contributed by atoms with Crippen LogP contribution < -0.4 is 10.5 Å². The van der Waals surface area contributed by atoms with Crippen LogP contribution in [0.2, 0.25) is 0 Å². The molecule has 0 spiro atoms. The van der Waals surface area contributed by atoms with Gasteiger partial charge < -0.3 is 10.5 Å². The zero-order valence-electron chi connectivity index (χ0n) is 12.3. The molecule has 0 aromatic heterocycles. The van der Waals surface area contributed by atoms with E-state index in [0.29, 0.717) is 24.6 Å². The van der Waals surface area contributed by atoms with Crippen molar-refractivity contribution in [3.05, 3.63) is 23.8 Å². The van der Waals surface area contributed by atoms with E-state index < -0.39 is 10.0 Å². The summed E-state index contributed by atoms with van der Waals surface area (Å²) in [6.07, 6.45) is 2.65. The molecule has 3 rings (SSSR count). The summed E-state index contributed by atoms with van der Waals surface area (Å²) in [4.78, 5) is 0.372. The van der Waals surface area contributed by atoms with Gasteiger partial charge in [0.05, 0.1) is 11.5 Å². The van der Waals surface area contributed by atoms with Gasteiger partial charge >= 0.3 is 0 Å². The van der Waals surface area contributed by atoms with Gasteiger partial charge in [-0.15, -0.1) is 0 Å². The number of nitrogens with two attached hydrogens (primary N) is 1. The fourth-order valence-corrected chi connectivity index (χ4v) is 4.92. The lowest BCUT2D eigenvalue weighted by molar-refractivity contribution is 0.211. The summed E-state index contributed by atoms with van der Waals surface area (Å²) in [6.45, 7) is 3.67. The highest BCUT2D eigenvalue weighted by Gasteiger charge is 2.34. The molecule has 21 heavy (non-hydrogen) atoms. The molecule has 2 unspecified atom stereocenters. The topological polar surface area (TPSA) is 72.6 Å². The maximum atomic E-state index is 12.9. The Hall–Kier alpha value is -1.11. The lowest BCUT2D eigenvalue weighted by Gasteiger charge is -2.36. The Morgan fingerprint density at radius 2 is 2.19 bits per heavy atom. The van der Waals surface area contributed by atoms with Crippen LogP contribution in [-0.2, 0) is 16.4 Å². The minimum atomic E-state index is -3.45. The summed E-state index contributed by atoms with van der Waals surface area (Å²) in [7, 11) is -3.45. The van der Waals surface area contributed by atoms with Crippen LogP contribution in [0.15, 0.2) is 23.1 Å². The number of sulfonamides is 1. The van der Waals surface area contributed by atoms with E-state index in [1.54, 1.807) is 22.5 Å². The van der Waals surface area contributed by atoms with E-state index >= 15 is 0 Å². The average Bonchev–Trinajstić information content (AvgIpc) is 2.95. The standard InChI is InChI=1S/C15H22N2O3S/c1-11-2-3-12(9-16)10-17(11)21(18,19)14-4-5-15-13(8-14)6-7-20-15/h4-5,8,11-12H,2-3,6-7,9-10,16H2,1H3. The molecule has 2 aliphatic rings. The zero-order chi connectivity index (χ0) is 15.0. The maximum absolute atomic E-state index is 12.9. The Kier molecular flexibility index (Phi) is 3.94. The van der Waals surface area contributed by atoms with Crippen molar-refractivity contribution in [2.45, 2.75) is 37.1 Å². The summed E-state index contributed by atoms with van der Waals surface area (Å²) >= 11 is 0. The molecule has 5 nitrogen and oxygen atoms in total. The minimum Gasteiger partial charge on any atom is -0.493 e. The van der Waals surface area contributed by atoms with Gasteiger partial charge in [-0.25, -0.2) is 8.42 Å². The Morgan fingerprint density at radius 3 is 2.95 bits per heavy atom. The number of piperidine rings is 1. The predicted molar refractivity (Wildman–Crippen MR) is 80.8 cm³/mol. The molecule has 116 valence electrons. The first-order valence-electron chi connectivity index (χ1n) is 7.50. The van der Waals surface area contributed by atoms with E-state index in [2.05, 4.69) is 0 Å². The SMILES string of the molecule is CC1CCC(CN)CN1S(=O)(=O)c1ccc2c(c1)CCO2. The smallest absolute Gasteiger partial charge is 0.243 e. The third-order valence-electron chi connectivity index (χ3n) is 4.52. The molecule has 0 saturated carbocycles. The molecule has 0 aliphatic carbocycles. The summed E-state index contributed by atoms with van der Waals surface area (Å²) < 4.78 is 32.9. The van der Waals surface area contributed by atoms with Crippen LogP contribution in [0.3, 0.4) is 0 Å². The highest BCUT2D eigenvalue weighted by Crippen LogP contribution is 2.32. The molecule has 0 bridgehead atoms. The van der Waals surface area contributed by atoms with Crippen molar-refractivity contribution in [1.29, 1.82) is 0 Å².